The molecule has 0 saturated heterocycles. The van der Waals surface area contributed by atoms with Crippen LogP contribution >= 0.6 is 0 Å². The fourth-order valence-corrected chi connectivity index (χ4v) is 2.36. The number of hydrogen-bond donors (Lipinski definition) is 0. The van der Waals surface area contributed by atoms with E-state index in [0.717, 1.165) is 0 Å². The summed E-state index contributed by atoms with van der Waals surface area (Å²) < 4.78 is 26.9. The number of ether oxygens (including phenoxy) is 2. The highest BCUT2D eigenvalue weighted by atomic mass is 19.1. The number of halogens is 1. The monoisotopic (exact) mass is 353 g/mol. The summed E-state index contributed by atoms with van der Waals surface area (Å²) in [7, 11) is 0. The first-order valence-corrected chi connectivity index (χ1v) is 7.88. The lowest BCUT2D eigenvalue weighted by atomic mass is 10.1. The first-order valence-electron chi connectivity index (χ1n) is 7.88. The van der Waals surface area contributed by atoms with E-state index in [0.29, 0.717) is 23.0 Å². The van der Waals surface area contributed by atoms with Gasteiger partial charge >= 0.3 is 0 Å². The molecule has 132 valence electrons. The Morgan fingerprint density at radius 1 is 1.19 bits per heavy atom. The van der Waals surface area contributed by atoms with Crippen LogP contribution in [-0.4, -0.2) is 33.0 Å². The van der Waals surface area contributed by atoms with Crippen LogP contribution in [0.5, 0.6) is 11.5 Å². The molecule has 8 heteroatoms. The first-order chi connectivity index (χ1) is 12.6. The second-order valence-electron chi connectivity index (χ2n) is 5.48. The van der Waals surface area contributed by atoms with Gasteiger partial charge in [-0.1, -0.05) is 6.07 Å². The van der Waals surface area contributed by atoms with E-state index in [-0.39, 0.29) is 24.5 Å². The van der Waals surface area contributed by atoms with E-state index < -0.39 is 5.82 Å². The molecule has 7 nitrogen and oxygen atoms in total. The van der Waals surface area contributed by atoms with Gasteiger partial charge in [0.05, 0.1) is 5.56 Å². The minimum atomic E-state index is -0.651. The van der Waals surface area contributed by atoms with E-state index in [1.165, 1.54) is 6.07 Å². The molecule has 3 aromatic rings. The maximum Gasteiger partial charge on any atom is 0.183 e. The van der Waals surface area contributed by atoms with E-state index in [1.807, 2.05) is 6.92 Å². The standard InChI is InChI=1S/C18H16FN5O2/c1-12-3-4-14(10-20)17(19)18(12)26-8-7-25-15-5-6-21-16(9-15)24-11-22-23-13(24)2/h3-6,9,11H,7-8H2,1-2H3. The summed E-state index contributed by atoms with van der Waals surface area (Å²) in [5.41, 5.74) is 0.574. The average Bonchev–Trinajstić information content (AvgIpc) is 3.07. The van der Waals surface area contributed by atoms with Crippen molar-refractivity contribution < 1.29 is 13.9 Å². The van der Waals surface area contributed by atoms with Gasteiger partial charge in [-0.2, -0.15) is 5.26 Å². The molecule has 0 N–H and O–H groups in total. The summed E-state index contributed by atoms with van der Waals surface area (Å²) in [6, 6.07) is 8.34. The minimum absolute atomic E-state index is 0.0467. The van der Waals surface area contributed by atoms with E-state index >= 15 is 0 Å². The molecule has 0 saturated carbocycles. The van der Waals surface area contributed by atoms with E-state index in [4.69, 9.17) is 14.7 Å². The van der Waals surface area contributed by atoms with Crippen LogP contribution in [0, 0.1) is 31.0 Å². The van der Waals surface area contributed by atoms with Crippen molar-refractivity contribution in [2.45, 2.75) is 13.8 Å². The van der Waals surface area contributed by atoms with Crippen molar-refractivity contribution in [3.8, 4) is 23.4 Å². The average molecular weight is 353 g/mol. The predicted molar refractivity (Wildman–Crippen MR) is 90.7 cm³/mol. The Balaban J connectivity index is 1.62. The Kier molecular flexibility index (Phi) is 5.08. The largest absolute Gasteiger partial charge is 0.490 e. The molecule has 3 rings (SSSR count). The third-order valence-electron chi connectivity index (χ3n) is 3.69. The van der Waals surface area contributed by atoms with Crippen LogP contribution in [0.3, 0.4) is 0 Å². The molecule has 0 atom stereocenters. The Hall–Kier alpha value is -3.47. The molecule has 0 aliphatic heterocycles. The fourth-order valence-electron chi connectivity index (χ4n) is 2.36. The van der Waals surface area contributed by atoms with Gasteiger partial charge in [-0.15, -0.1) is 10.2 Å². The Morgan fingerprint density at radius 3 is 2.73 bits per heavy atom. The third-order valence-corrected chi connectivity index (χ3v) is 3.69. The molecule has 1 aromatic carbocycles. The lowest BCUT2D eigenvalue weighted by molar-refractivity contribution is 0.210. The van der Waals surface area contributed by atoms with Crippen molar-refractivity contribution in [1.82, 2.24) is 19.7 Å². The normalized spacial score (nSPS) is 10.4. The number of aromatic nitrogens is 4. The molecular weight excluding hydrogens is 337 g/mol. The Labute approximate surface area is 149 Å². The van der Waals surface area contributed by atoms with Crippen LogP contribution in [0.4, 0.5) is 4.39 Å². The second kappa shape index (κ2) is 7.61. The van der Waals surface area contributed by atoms with Gasteiger partial charge in [0.25, 0.3) is 0 Å². The summed E-state index contributed by atoms with van der Waals surface area (Å²) in [6.07, 6.45) is 3.18. The Morgan fingerprint density at radius 2 is 2.00 bits per heavy atom. The topological polar surface area (TPSA) is 85.9 Å². The van der Waals surface area contributed by atoms with Gasteiger partial charge in [-0.3, -0.25) is 4.57 Å². The molecule has 0 radical (unpaired) electrons. The lowest BCUT2D eigenvalue weighted by Crippen LogP contribution is -2.11. The molecule has 2 heterocycles. The number of benzene rings is 1. The van der Waals surface area contributed by atoms with Gasteiger partial charge in [0, 0.05) is 12.3 Å². The smallest absolute Gasteiger partial charge is 0.183 e. The summed E-state index contributed by atoms with van der Waals surface area (Å²) >= 11 is 0. The highest BCUT2D eigenvalue weighted by Gasteiger charge is 2.12. The van der Waals surface area contributed by atoms with E-state index in [2.05, 4.69) is 15.2 Å². The summed E-state index contributed by atoms with van der Waals surface area (Å²) in [5.74, 6) is 1.36. The van der Waals surface area contributed by atoms with Crippen LogP contribution in [0.1, 0.15) is 17.0 Å². The maximum atomic E-state index is 14.1. The van der Waals surface area contributed by atoms with Crippen molar-refractivity contribution in [2.24, 2.45) is 0 Å². The summed E-state index contributed by atoms with van der Waals surface area (Å²) in [4.78, 5) is 4.25. The fraction of sp³-hybridized carbons (Fsp3) is 0.222. The maximum absolute atomic E-state index is 14.1. The van der Waals surface area contributed by atoms with Gasteiger partial charge in [-0.25, -0.2) is 9.37 Å². The van der Waals surface area contributed by atoms with Crippen molar-refractivity contribution in [3.05, 3.63) is 59.6 Å². The van der Waals surface area contributed by atoms with Crippen molar-refractivity contribution in [1.29, 1.82) is 5.26 Å². The van der Waals surface area contributed by atoms with Crippen molar-refractivity contribution in [2.75, 3.05) is 13.2 Å². The first kappa shape index (κ1) is 17.4. The number of rotatable bonds is 6. The van der Waals surface area contributed by atoms with Crippen LogP contribution in [0.2, 0.25) is 0 Å². The second-order valence-corrected chi connectivity index (χ2v) is 5.48. The van der Waals surface area contributed by atoms with Crippen LogP contribution in [0.25, 0.3) is 5.82 Å². The summed E-state index contributed by atoms with van der Waals surface area (Å²) in [5, 5.41) is 16.6. The molecule has 0 amide bonds. The highest BCUT2D eigenvalue weighted by molar-refractivity contribution is 5.43. The third kappa shape index (κ3) is 3.62. The number of pyridine rings is 1. The highest BCUT2D eigenvalue weighted by Crippen LogP contribution is 2.25. The van der Waals surface area contributed by atoms with Crippen molar-refractivity contribution >= 4 is 0 Å². The van der Waals surface area contributed by atoms with Gasteiger partial charge < -0.3 is 9.47 Å². The van der Waals surface area contributed by atoms with Crippen LogP contribution in [0.15, 0.2) is 36.8 Å². The molecule has 0 bridgehead atoms. The zero-order valence-electron chi connectivity index (χ0n) is 14.3. The van der Waals surface area contributed by atoms with E-state index in [9.17, 15) is 4.39 Å². The van der Waals surface area contributed by atoms with Crippen molar-refractivity contribution in [3.63, 3.8) is 0 Å². The number of nitrogens with zero attached hydrogens (tertiary/aromatic N) is 5. The zero-order chi connectivity index (χ0) is 18.5. The molecule has 0 aliphatic carbocycles. The molecule has 0 fully saturated rings. The van der Waals surface area contributed by atoms with Crippen LogP contribution in [-0.2, 0) is 0 Å². The number of aryl methyl sites for hydroxylation is 2. The zero-order valence-corrected chi connectivity index (χ0v) is 14.3. The lowest BCUT2D eigenvalue weighted by Gasteiger charge is -2.12. The molecule has 26 heavy (non-hydrogen) atoms. The van der Waals surface area contributed by atoms with Gasteiger partial charge in [0.15, 0.2) is 11.6 Å². The van der Waals surface area contributed by atoms with Gasteiger partial charge in [-0.05, 0) is 31.5 Å². The molecule has 0 spiro atoms. The van der Waals surface area contributed by atoms with Gasteiger partial charge in [0.2, 0.25) is 0 Å². The van der Waals surface area contributed by atoms with Gasteiger partial charge in [0.1, 0.15) is 43.0 Å². The molecule has 0 aliphatic rings. The summed E-state index contributed by atoms with van der Waals surface area (Å²) in [6.45, 7) is 3.88. The molecule has 0 unspecified atom stereocenters. The SMILES string of the molecule is Cc1ccc(C#N)c(F)c1OCCOc1ccnc(-n2cnnc2C)c1. The predicted octanol–water partition coefficient (Wildman–Crippen LogP) is 2.75. The number of hydrogen-bond acceptors (Lipinski definition) is 6. The van der Waals surface area contributed by atoms with Crippen LogP contribution < -0.4 is 9.47 Å². The Bertz CT molecular complexity index is 964. The minimum Gasteiger partial charge on any atom is -0.490 e. The van der Waals surface area contributed by atoms with E-state index in [1.54, 1.807) is 48.3 Å². The quantitative estimate of drug-likeness (QED) is 0.634. The molecule has 2 aromatic heterocycles. The molecular formula is C18H16FN5O2. The number of nitriles is 1.